The van der Waals surface area contributed by atoms with Gasteiger partial charge in [-0.25, -0.2) is 0 Å². The van der Waals surface area contributed by atoms with Crippen molar-refractivity contribution >= 4 is 22.7 Å². The molecule has 2 heterocycles. The summed E-state index contributed by atoms with van der Waals surface area (Å²) in [6.07, 6.45) is 3.59. The van der Waals surface area contributed by atoms with Crippen LogP contribution in [0.15, 0.2) is 85.1 Å². The van der Waals surface area contributed by atoms with Crippen LogP contribution in [-0.4, -0.2) is 48.0 Å². The van der Waals surface area contributed by atoms with Gasteiger partial charge in [0.05, 0.1) is 18.6 Å². The predicted molar refractivity (Wildman–Crippen MR) is 143 cm³/mol. The maximum atomic E-state index is 13.4. The van der Waals surface area contributed by atoms with Crippen LogP contribution in [-0.2, 0) is 21.4 Å². The molecule has 2 aliphatic rings. The summed E-state index contributed by atoms with van der Waals surface area (Å²) in [4.78, 5) is 31.6. The van der Waals surface area contributed by atoms with E-state index in [1.165, 1.54) is 5.56 Å². The van der Waals surface area contributed by atoms with Crippen LogP contribution < -0.4 is 5.32 Å². The van der Waals surface area contributed by atoms with E-state index in [1.54, 1.807) is 7.11 Å². The molecule has 3 aromatic carbocycles. The van der Waals surface area contributed by atoms with Crippen LogP contribution >= 0.6 is 0 Å². The highest BCUT2D eigenvalue weighted by molar-refractivity contribution is 5.98. The van der Waals surface area contributed by atoms with Crippen molar-refractivity contribution in [2.45, 2.75) is 36.8 Å². The first-order valence-electron chi connectivity index (χ1n) is 12.9. The summed E-state index contributed by atoms with van der Waals surface area (Å²) in [6, 6.07) is 25.8. The van der Waals surface area contributed by atoms with E-state index >= 15 is 0 Å². The molecule has 1 fully saturated rings. The second kappa shape index (κ2) is 9.52. The number of ether oxygens (including phenoxy) is 1. The molecular formula is C31H31N3O3. The molecule has 0 bridgehead atoms. The molecule has 0 unspecified atom stereocenters. The number of hydrogen-bond acceptors (Lipinski definition) is 3. The fourth-order valence-corrected chi connectivity index (χ4v) is 6.40. The summed E-state index contributed by atoms with van der Waals surface area (Å²) >= 11 is 0. The molecule has 6 heteroatoms. The highest BCUT2D eigenvalue weighted by Crippen LogP contribution is 2.52. The first-order valence-corrected chi connectivity index (χ1v) is 12.9. The molecule has 0 radical (unpaired) electrons. The van der Waals surface area contributed by atoms with Gasteiger partial charge in [0.1, 0.15) is 0 Å². The van der Waals surface area contributed by atoms with E-state index < -0.39 is 0 Å². The van der Waals surface area contributed by atoms with E-state index in [-0.39, 0.29) is 29.4 Å². The Balaban J connectivity index is 1.22. The number of aromatic nitrogens is 1. The fourth-order valence-electron chi connectivity index (χ4n) is 6.40. The van der Waals surface area contributed by atoms with Crippen molar-refractivity contribution in [3.8, 4) is 0 Å². The third kappa shape index (κ3) is 4.11. The van der Waals surface area contributed by atoms with Gasteiger partial charge in [-0.15, -0.1) is 0 Å². The van der Waals surface area contributed by atoms with Crippen LogP contribution in [0.2, 0.25) is 0 Å². The molecule has 2 amide bonds. The molecule has 2 atom stereocenters. The number of hydrogen-bond donors (Lipinski definition) is 2. The van der Waals surface area contributed by atoms with Gasteiger partial charge >= 0.3 is 0 Å². The zero-order chi connectivity index (χ0) is 25.4. The second-order valence-electron chi connectivity index (χ2n) is 10.2. The van der Waals surface area contributed by atoms with Crippen molar-refractivity contribution in [3.63, 3.8) is 0 Å². The molecule has 6 rings (SSSR count). The van der Waals surface area contributed by atoms with E-state index in [1.807, 2.05) is 71.8 Å². The highest BCUT2D eigenvalue weighted by Gasteiger charge is 2.54. The number of fused-ring (bicyclic) bond motifs is 3. The van der Waals surface area contributed by atoms with E-state index in [4.69, 9.17) is 4.74 Å². The number of benzene rings is 3. The number of amides is 2. The Morgan fingerprint density at radius 2 is 1.76 bits per heavy atom. The van der Waals surface area contributed by atoms with E-state index in [2.05, 4.69) is 28.5 Å². The molecule has 1 spiro atoms. The molecule has 1 aliphatic heterocycles. The normalized spacial score (nSPS) is 20.2. The molecular weight excluding hydrogens is 462 g/mol. The van der Waals surface area contributed by atoms with Gasteiger partial charge in [-0.2, -0.15) is 0 Å². The number of likely N-dealkylation sites (tertiary alicyclic amines) is 1. The van der Waals surface area contributed by atoms with Gasteiger partial charge < -0.3 is 19.9 Å². The summed E-state index contributed by atoms with van der Waals surface area (Å²) in [7, 11) is 1.73. The maximum Gasteiger partial charge on any atom is 0.253 e. The van der Waals surface area contributed by atoms with Crippen LogP contribution in [0.1, 0.15) is 45.9 Å². The molecule has 4 aromatic rings. The third-order valence-electron chi connectivity index (χ3n) is 8.20. The molecule has 37 heavy (non-hydrogen) atoms. The van der Waals surface area contributed by atoms with Crippen LogP contribution in [0.5, 0.6) is 0 Å². The quantitative estimate of drug-likeness (QED) is 0.421. The number of piperidine rings is 1. The van der Waals surface area contributed by atoms with Crippen LogP contribution in [0.4, 0.5) is 0 Å². The minimum absolute atomic E-state index is 0.0163. The van der Waals surface area contributed by atoms with Crippen LogP contribution in [0, 0.1) is 0 Å². The minimum Gasteiger partial charge on any atom is -0.378 e. The molecule has 1 aliphatic carbocycles. The lowest BCUT2D eigenvalue weighted by Gasteiger charge is -2.44. The summed E-state index contributed by atoms with van der Waals surface area (Å²) < 4.78 is 6.15. The summed E-state index contributed by atoms with van der Waals surface area (Å²) in [5.74, 6) is 0.0386. The largest absolute Gasteiger partial charge is 0.378 e. The average Bonchev–Trinajstić information content (AvgIpc) is 3.50. The van der Waals surface area contributed by atoms with Crippen molar-refractivity contribution in [1.82, 2.24) is 15.2 Å². The van der Waals surface area contributed by atoms with E-state index in [0.717, 1.165) is 34.9 Å². The Hall–Kier alpha value is -3.90. The van der Waals surface area contributed by atoms with Gasteiger partial charge in [0.2, 0.25) is 5.91 Å². The first-order chi connectivity index (χ1) is 18.1. The standard InChI is InChI=1S/C31H31N3O3/c1-37-29-28(33-27(35)19-21-7-3-2-4-8-21)24-9-5-6-10-25(24)31(29)14-17-34(18-15-31)30(36)23-12-11-22-13-16-32-26(22)20-23/h2-13,16,20,28-29,32H,14-15,17-19H2,1H3,(H,33,35)/t28-,29+/m0/s1. The van der Waals surface area contributed by atoms with E-state index in [0.29, 0.717) is 25.1 Å². The number of nitrogens with zero attached hydrogens (tertiary/aromatic N) is 1. The molecule has 0 saturated carbocycles. The summed E-state index contributed by atoms with van der Waals surface area (Å²) in [5.41, 5.74) is 4.75. The SMILES string of the molecule is CO[C@@H]1[C@@H](NC(=O)Cc2ccccc2)c2ccccc2C12CCN(C(=O)c1ccc3cc[nH]c3c1)CC2. The molecule has 6 nitrogen and oxygen atoms in total. The molecule has 188 valence electrons. The zero-order valence-corrected chi connectivity index (χ0v) is 20.9. The number of methoxy groups -OCH3 is 1. The van der Waals surface area contributed by atoms with E-state index in [9.17, 15) is 9.59 Å². The molecule has 2 N–H and O–H groups in total. The van der Waals surface area contributed by atoms with Crippen molar-refractivity contribution in [1.29, 1.82) is 0 Å². The fraction of sp³-hybridized carbons (Fsp3) is 0.290. The number of H-pyrrole nitrogens is 1. The van der Waals surface area contributed by atoms with Gasteiger partial charge in [0, 0.05) is 42.9 Å². The lowest BCUT2D eigenvalue weighted by Crippen LogP contribution is -2.51. The van der Waals surface area contributed by atoms with Crippen LogP contribution in [0.25, 0.3) is 10.9 Å². The Labute approximate surface area is 216 Å². The van der Waals surface area contributed by atoms with Crippen molar-refractivity contribution in [3.05, 3.63) is 107 Å². The Kier molecular flexibility index (Phi) is 6.05. The lowest BCUT2D eigenvalue weighted by atomic mass is 9.71. The van der Waals surface area contributed by atoms with Gasteiger partial charge in [0.15, 0.2) is 0 Å². The van der Waals surface area contributed by atoms with Gasteiger partial charge in [-0.05, 0) is 53.1 Å². The Bertz CT molecular complexity index is 1440. The third-order valence-corrected chi connectivity index (χ3v) is 8.20. The smallest absolute Gasteiger partial charge is 0.253 e. The maximum absolute atomic E-state index is 13.4. The lowest BCUT2D eigenvalue weighted by molar-refractivity contribution is -0.122. The monoisotopic (exact) mass is 493 g/mol. The summed E-state index contributed by atoms with van der Waals surface area (Å²) in [6.45, 7) is 1.28. The topological polar surface area (TPSA) is 74.4 Å². The van der Waals surface area contributed by atoms with Gasteiger partial charge in [-0.3, -0.25) is 9.59 Å². The van der Waals surface area contributed by atoms with Gasteiger partial charge in [0.25, 0.3) is 5.91 Å². The number of carbonyl (C=O) groups is 2. The first kappa shape index (κ1) is 23.5. The Morgan fingerprint density at radius 3 is 2.54 bits per heavy atom. The number of aromatic amines is 1. The number of nitrogens with one attached hydrogen (secondary N) is 2. The predicted octanol–water partition coefficient (Wildman–Crippen LogP) is 4.77. The second-order valence-corrected chi connectivity index (χ2v) is 10.2. The average molecular weight is 494 g/mol. The molecule has 1 aromatic heterocycles. The zero-order valence-electron chi connectivity index (χ0n) is 20.9. The number of carbonyl (C=O) groups excluding carboxylic acids is 2. The Morgan fingerprint density at radius 1 is 1.00 bits per heavy atom. The van der Waals surface area contributed by atoms with Gasteiger partial charge in [-0.1, -0.05) is 60.7 Å². The minimum atomic E-state index is -0.254. The highest BCUT2D eigenvalue weighted by atomic mass is 16.5. The summed E-state index contributed by atoms with van der Waals surface area (Å²) in [5, 5.41) is 4.38. The van der Waals surface area contributed by atoms with Crippen LogP contribution in [0.3, 0.4) is 0 Å². The van der Waals surface area contributed by atoms with Crippen molar-refractivity contribution in [2.24, 2.45) is 0 Å². The molecule has 1 saturated heterocycles. The number of rotatable bonds is 5. The van der Waals surface area contributed by atoms with Crippen molar-refractivity contribution < 1.29 is 14.3 Å². The van der Waals surface area contributed by atoms with Crippen molar-refractivity contribution in [2.75, 3.05) is 20.2 Å².